The first-order valence-electron chi connectivity index (χ1n) is 10.9. The lowest BCUT2D eigenvalue weighted by Crippen LogP contribution is -2.41. The molecule has 2 aromatic rings. The molecule has 1 aliphatic rings. The highest BCUT2D eigenvalue weighted by Gasteiger charge is 2.34. The van der Waals surface area contributed by atoms with Crippen LogP contribution in [0.1, 0.15) is 37.0 Å². The van der Waals surface area contributed by atoms with E-state index < -0.39 is 33.9 Å². The quantitative estimate of drug-likeness (QED) is 0.448. The fourth-order valence-electron chi connectivity index (χ4n) is 3.69. The molecule has 34 heavy (non-hydrogen) atoms. The first kappa shape index (κ1) is 25.4. The van der Waals surface area contributed by atoms with Crippen LogP contribution in [0.2, 0.25) is 0 Å². The van der Waals surface area contributed by atoms with Crippen molar-refractivity contribution in [1.82, 2.24) is 4.31 Å². The van der Waals surface area contributed by atoms with Crippen molar-refractivity contribution in [3.63, 3.8) is 0 Å². The Morgan fingerprint density at radius 3 is 2.24 bits per heavy atom. The van der Waals surface area contributed by atoms with Crippen LogP contribution in [0, 0.1) is 5.92 Å². The molecule has 0 radical (unpaired) electrons. The number of rotatable bonds is 8. The zero-order valence-electron chi connectivity index (χ0n) is 19.3. The van der Waals surface area contributed by atoms with Crippen molar-refractivity contribution in [2.75, 3.05) is 25.5 Å². The van der Waals surface area contributed by atoms with Crippen LogP contribution in [-0.2, 0) is 24.3 Å². The summed E-state index contributed by atoms with van der Waals surface area (Å²) in [5, 5.41) is 2.62. The maximum atomic E-state index is 12.9. The molecule has 182 valence electrons. The number of piperidine rings is 1. The Kier molecular flexibility index (Phi) is 8.06. The predicted octanol–water partition coefficient (Wildman–Crippen LogP) is 2.87. The number of hydrogen-bond acceptors (Lipinski definition) is 7. The van der Waals surface area contributed by atoms with Gasteiger partial charge >= 0.3 is 5.97 Å². The van der Waals surface area contributed by atoms with Gasteiger partial charge in [0.2, 0.25) is 10.0 Å². The third-order valence-corrected chi connectivity index (χ3v) is 7.62. The highest BCUT2D eigenvalue weighted by molar-refractivity contribution is 7.89. The number of nitrogens with one attached hydrogen (secondary N) is 1. The van der Waals surface area contributed by atoms with Crippen molar-refractivity contribution < 1.29 is 32.3 Å². The summed E-state index contributed by atoms with van der Waals surface area (Å²) in [6.07, 6.45) is -0.501. The lowest BCUT2D eigenvalue weighted by molar-refractivity contribution is -0.158. The van der Waals surface area contributed by atoms with Crippen LogP contribution in [0.25, 0.3) is 0 Å². The van der Waals surface area contributed by atoms with Gasteiger partial charge in [-0.25, -0.2) is 8.42 Å². The Morgan fingerprint density at radius 1 is 1.03 bits per heavy atom. The molecule has 0 saturated carbocycles. The number of para-hydroxylation sites is 1. The zero-order valence-corrected chi connectivity index (χ0v) is 20.1. The van der Waals surface area contributed by atoms with Gasteiger partial charge < -0.3 is 14.8 Å². The molecule has 3 rings (SSSR count). The normalized spacial score (nSPS) is 15.9. The average Bonchev–Trinajstić information content (AvgIpc) is 2.84. The topological polar surface area (TPSA) is 119 Å². The monoisotopic (exact) mass is 488 g/mol. The third-order valence-electron chi connectivity index (χ3n) is 5.71. The van der Waals surface area contributed by atoms with Gasteiger partial charge in [0.05, 0.1) is 23.6 Å². The molecule has 0 bridgehead atoms. The van der Waals surface area contributed by atoms with Crippen LogP contribution >= 0.6 is 0 Å². The first-order valence-corrected chi connectivity index (χ1v) is 12.3. The molecule has 1 saturated heterocycles. The van der Waals surface area contributed by atoms with E-state index in [0.29, 0.717) is 17.0 Å². The zero-order chi connectivity index (χ0) is 24.9. The molecule has 0 unspecified atom stereocenters. The van der Waals surface area contributed by atoms with Crippen molar-refractivity contribution in [2.45, 2.75) is 37.7 Å². The molecule has 0 aromatic heterocycles. The fraction of sp³-hybridized carbons (Fsp3) is 0.375. The van der Waals surface area contributed by atoms with Crippen LogP contribution in [-0.4, -0.2) is 56.7 Å². The summed E-state index contributed by atoms with van der Waals surface area (Å²) in [7, 11) is -2.18. The molecule has 2 aromatic carbocycles. The molecule has 1 heterocycles. The van der Waals surface area contributed by atoms with Crippen LogP contribution in [0.4, 0.5) is 5.69 Å². The summed E-state index contributed by atoms with van der Waals surface area (Å²) in [5.41, 5.74) is 0.708. The predicted molar refractivity (Wildman–Crippen MR) is 125 cm³/mol. The van der Waals surface area contributed by atoms with Gasteiger partial charge in [-0.2, -0.15) is 4.31 Å². The molecule has 0 spiro atoms. The number of hydrogen-bond donors (Lipinski definition) is 1. The smallest absolute Gasteiger partial charge is 0.309 e. The summed E-state index contributed by atoms with van der Waals surface area (Å²) in [4.78, 5) is 37.0. The van der Waals surface area contributed by atoms with E-state index in [9.17, 15) is 22.8 Å². The van der Waals surface area contributed by atoms with Gasteiger partial charge in [-0.1, -0.05) is 12.1 Å². The third kappa shape index (κ3) is 5.81. The number of ketones is 1. The van der Waals surface area contributed by atoms with Crippen molar-refractivity contribution in [3.8, 4) is 5.75 Å². The molecule has 0 aliphatic carbocycles. The number of anilines is 1. The Morgan fingerprint density at radius 2 is 1.65 bits per heavy atom. The number of methoxy groups -OCH3 is 1. The fourth-order valence-corrected chi connectivity index (χ4v) is 5.16. The minimum atomic E-state index is -3.68. The lowest BCUT2D eigenvalue weighted by atomic mass is 9.98. The molecular formula is C24H28N2O7S. The minimum absolute atomic E-state index is 0.158. The van der Waals surface area contributed by atoms with Crippen molar-refractivity contribution in [2.24, 2.45) is 5.92 Å². The van der Waals surface area contributed by atoms with Crippen molar-refractivity contribution in [3.05, 3.63) is 54.1 Å². The van der Waals surface area contributed by atoms with Gasteiger partial charge in [0.25, 0.3) is 5.91 Å². The minimum Gasteiger partial charge on any atom is -0.497 e. The van der Waals surface area contributed by atoms with Gasteiger partial charge in [0.1, 0.15) is 5.75 Å². The second-order valence-electron chi connectivity index (χ2n) is 8.02. The van der Waals surface area contributed by atoms with E-state index in [1.165, 1.54) is 37.4 Å². The number of esters is 1. The molecule has 1 atom stereocenters. The maximum Gasteiger partial charge on any atom is 0.309 e. The number of ether oxygens (including phenoxy) is 2. The maximum absolute atomic E-state index is 12.9. The number of carbonyl (C=O) groups is 3. The Balaban J connectivity index is 1.55. The Hall–Kier alpha value is -3.24. The van der Waals surface area contributed by atoms with Crippen LogP contribution in [0.3, 0.4) is 0 Å². The summed E-state index contributed by atoms with van der Waals surface area (Å²) < 4.78 is 37.5. The number of Topliss-reactive ketones (excluding diaryl/α,β-unsaturated/α-hetero) is 1. The van der Waals surface area contributed by atoms with Gasteiger partial charge in [0, 0.05) is 18.7 Å². The second-order valence-corrected chi connectivity index (χ2v) is 9.96. The highest BCUT2D eigenvalue weighted by atomic mass is 32.2. The van der Waals surface area contributed by atoms with E-state index in [2.05, 4.69) is 5.32 Å². The molecular weight excluding hydrogens is 460 g/mol. The molecule has 1 N–H and O–H groups in total. The molecule has 9 nitrogen and oxygen atoms in total. The lowest BCUT2D eigenvalue weighted by Gasteiger charge is -2.30. The second kappa shape index (κ2) is 10.8. The van der Waals surface area contributed by atoms with E-state index in [4.69, 9.17) is 9.47 Å². The van der Waals surface area contributed by atoms with E-state index in [1.807, 2.05) is 0 Å². The molecule has 1 aliphatic heterocycles. The van der Waals surface area contributed by atoms with Crippen molar-refractivity contribution in [1.29, 1.82) is 0 Å². The van der Waals surface area contributed by atoms with Crippen LogP contribution in [0.5, 0.6) is 5.75 Å². The summed E-state index contributed by atoms with van der Waals surface area (Å²) in [5.74, 6) is -1.26. The van der Waals surface area contributed by atoms with E-state index >= 15 is 0 Å². The molecule has 10 heteroatoms. The van der Waals surface area contributed by atoms with Crippen LogP contribution in [0.15, 0.2) is 53.4 Å². The first-order chi connectivity index (χ1) is 16.1. The van der Waals surface area contributed by atoms with E-state index in [-0.39, 0.29) is 36.6 Å². The summed E-state index contributed by atoms with van der Waals surface area (Å²) in [6.45, 7) is 3.18. The van der Waals surface area contributed by atoms with Gasteiger partial charge in [-0.3, -0.25) is 14.4 Å². The largest absolute Gasteiger partial charge is 0.497 e. The summed E-state index contributed by atoms with van der Waals surface area (Å²) >= 11 is 0. The van der Waals surface area contributed by atoms with Crippen molar-refractivity contribution >= 4 is 33.4 Å². The average molecular weight is 489 g/mol. The number of amides is 1. The van der Waals surface area contributed by atoms with Gasteiger partial charge in [-0.15, -0.1) is 0 Å². The van der Waals surface area contributed by atoms with E-state index in [0.717, 1.165) is 0 Å². The standard InChI is InChI=1S/C24H28N2O7S/c1-16(27)21-6-4-5-7-22(21)25-23(28)17(2)33-24(29)18-12-14-26(15-13-18)34(30,31)20-10-8-19(32-3)9-11-20/h4-11,17-18H,12-15H2,1-3H3,(H,25,28)/t17-/m1/s1. The van der Waals surface area contributed by atoms with E-state index in [1.54, 1.807) is 36.4 Å². The number of benzene rings is 2. The SMILES string of the molecule is COc1ccc(S(=O)(=O)N2CCC(C(=O)O[C@H](C)C(=O)Nc3ccccc3C(C)=O)CC2)cc1. The molecule has 1 amide bonds. The van der Waals surface area contributed by atoms with Gasteiger partial charge in [-0.05, 0) is 63.1 Å². The summed E-state index contributed by atoms with van der Waals surface area (Å²) in [6, 6.07) is 12.7. The Bertz CT molecular complexity index is 1150. The Labute approximate surface area is 199 Å². The number of nitrogens with zero attached hydrogens (tertiary/aromatic N) is 1. The van der Waals surface area contributed by atoms with Gasteiger partial charge in [0.15, 0.2) is 11.9 Å². The van der Waals surface area contributed by atoms with Crippen LogP contribution < -0.4 is 10.1 Å². The number of carbonyl (C=O) groups excluding carboxylic acids is 3. The highest BCUT2D eigenvalue weighted by Crippen LogP contribution is 2.26. The molecule has 1 fully saturated rings. The number of sulfonamides is 1.